The molecule has 2 aliphatic heterocycles. The van der Waals surface area contributed by atoms with E-state index in [-0.39, 0.29) is 10.8 Å². The van der Waals surface area contributed by atoms with E-state index in [1.165, 1.54) is 4.31 Å². The molecular weight excluding hydrogens is 659 g/mol. The molecular formula is C34H31IN2O4S. The van der Waals surface area contributed by atoms with Crippen molar-refractivity contribution in [2.24, 2.45) is 0 Å². The molecule has 6 rings (SSSR count). The summed E-state index contributed by atoms with van der Waals surface area (Å²) in [6.45, 7) is 2.23. The first-order valence-electron chi connectivity index (χ1n) is 13.8. The first kappa shape index (κ1) is 28.5. The number of likely N-dealkylation sites (tertiary alicyclic amines) is 1. The van der Waals surface area contributed by atoms with Gasteiger partial charge >= 0.3 is 0 Å². The van der Waals surface area contributed by atoms with E-state index in [0.29, 0.717) is 25.1 Å². The fourth-order valence-electron chi connectivity index (χ4n) is 6.13. The van der Waals surface area contributed by atoms with Gasteiger partial charge in [-0.25, -0.2) is 12.7 Å². The number of carbonyl (C=O) groups is 1. The molecule has 4 aromatic carbocycles. The molecule has 0 radical (unpaired) electrons. The topological polar surface area (TPSA) is 66.9 Å². The van der Waals surface area contributed by atoms with Crippen molar-refractivity contribution in [2.75, 3.05) is 11.4 Å². The van der Waals surface area contributed by atoms with Crippen molar-refractivity contribution >= 4 is 47.8 Å². The van der Waals surface area contributed by atoms with Crippen LogP contribution in [0, 0.1) is 6.92 Å². The van der Waals surface area contributed by atoms with E-state index in [0.717, 1.165) is 31.6 Å². The molecule has 2 aliphatic rings. The summed E-state index contributed by atoms with van der Waals surface area (Å²) in [5.41, 5.74) is 3.64. The van der Waals surface area contributed by atoms with Crippen molar-refractivity contribution < 1.29 is 17.9 Å². The van der Waals surface area contributed by atoms with Gasteiger partial charge in [0.05, 0.1) is 23.1 Å². The molecule has 4 aromatic rings. The molecule has 214 valence electrons. The summed E-state index contributed by atoms with van der Waals surface area (Å²) in [7, 11) is -2.41. The fourth-order valence-corrected chi connectivity index (χ4v) is 8.73. The zero-order chi connectivity index (χ0) is 29.5. The minimum atomic E-state index is -4.04. The molecule has 2 heterocycles. The minimum absolute atomic E-state index is 0.0655. The predicted octanol–water partition coefficient (Wildman–Crippen LogP) is 7.08. The van der Waals surface area contributed by atoms with Gasteiger partial charge in [0.2, 0.25) is 5.91 Å². The number of anilines is 1. The van der Waals surface area contributed by atoms with Gasteiger partial charge in [-0.15, -0.1) is 0 Å². The number of nitrogens with zero attached hydrogens (tertiary/aromatic N) is 2. The van der Waals surface area contributed by atoms with E-state index in [4.69, 9.17) is 4.74 Å². The van der Waals surface area contributed by atoms with Gasteiger partial charge in [-0.1, -0.05) is 84.4 Å². The summed E-state index contributed by atoms with van der Waals surface area (Å²) in [4.78, 5) is 15.7. The molecule has 0 N–H and O–H groups in total. The van der Waals surface area contributed by atoms with Crippen LogP contribution in [0.15, 0.2) is 114 Å². The lowest BCUT2D eigenvalue weighted by Crippen LogP contribution is -2.61. The van der Waals surface area contributed by atoms with E-state index in [9.17, 15) is 13.2 Å². The number of benzene rings is 4. The summed E-state index contributed by atoms with van der Waals surface area (Å²) < 4.78 is 37.0. The summed E-state index contributed by atoms with van der Waals surface area (Å²) in [6.07, 6.45) is 2.18. The Morgan fingerprint density at radius 1 is 0.952 bits per heavy atom. The van der Waals surface area contributed by atoms with Gasteiger partial charge < -0.3 is 9.64 Å². The highest BCUT2D eigenvalue weighted by molar-refractivity contribution is 14.1. The van der Waals surface area contributed by atoms with Crippen LogP contribution < -0.4 is 9.04 Å². The van der Waals surface area contributed by atoms with Crippen molar-refractivity contribution in [1.82, 2.24) is 4.90 Å². The SMILES string of the molecule is COc1ccc(/C(I)=C/[C@@]23CCC(=O)N(Cc4ccccc4)[C@@H]2N(S(=O)(=O)c2ccc(C)cc2)c2ccccc23)cc1. The average Bonchev–Trinajstić information content (AvgIpc) is 3.30. The largest absolute Gasteiger partial charge is 0.497 e. The average molecular weight is 691 g/mol. The molecule has 42 heavy (non-hydrogen) atoms. The Labute approximate surface area is 260 Å². The number of fused-ring (bicyclic) bond motifs is 3. The normalized spacial score (nSPS) is 20.3. The first-order valence-corrected chi connectivity index (χ1v) is 16.3. The number of hydrogen-bond donors (Lipinski definition) is 0. The third-order valence-electron chi connectivity index (χ3n) is 8.22. The lowest BCUT2D eigenvalue weighted by Gasteiger charge is -2.47. The van der Waals surface area contributed by atoms with Gasteiger partial charge in [0.1, 0.15) is 11.9 Å². The Kier molecular flexibility index (Phi) is 7.61. The van der Waals surface area contributed by atoms with Gasteiger partial charge in [0, 0.05) is 16.5 Å². The number of sulfonamides is 1. The maximum Gasteiger partial charge on any atom is 0.266 e. The first-order chi connectivity index (χ1) is 20.2. The van der Waals surface area contributed by atoms with Crippen LogP contribution >= 0.6 is 22.6 Å². The highest BCUT2D eigenvalue weighted by atomic mass is 127. The molecule has 0 saturated carbocycles. The Bertz CT molecular complexity index is 1760. The number of amides is 1. The molecule has 0 spiro atoms. The van der Waals surface area contributed by atoms with Gasteiger partial charge in [0.25, 0.3) is 10.0 Å². The van der Waals surface area contributed by atoms with Gasteiger partial charge in [0.15, 0.2) is 0 Å². The maximum atomic E-state index is 14.6. The van der Waals surface area contributed by atoms with Crippen molar-refractivity contribution in [3.05, 3.63) is 131 Å². The fraction of sp³-hybridized carbons (Fsp3) is 0.206. The van der Waals surface area contributed by atoms with Crippen LogP contribution in [-0.2, 0) is 26.8 Å². The number of hydrogen-bond acceptors (Lipinski definition) is 4. The number of halogens is 1. The predicted molar refractivity (Wildman–Crippen MR) is 174 cm³/mol. The standard InChI is InChI=1S/C34H31IN2O4S/c1-24-12-18-28(19-13-24)42(39,40)37-31-11-7-6-10-29(31)34(22-30(35)26-14-16-27(41-2)17-15-26)21-20-32(38)36(33(34)37)23-25-8-4-3-5-9-25/h3-19,22,33H,20-21,23H2,1-2H3/b30-22-/t33-,34-/m1/s1. The second kappa shape index (κ2) is 11.2. The molecule has 6 nitrogen and oxygen atoms in total. The molecule has 0 unspecified atom stereocenters. The van der Waals surface area contributed by atoms with Gasteiger partial charge in [-0.05, 0) is 83.0 Å². The van der Waals surface area contributed by atoms with E-state index >= 15 is 0 Å². The van der Waals surface area contributed by atoms with Crippen LogP contribution in [0.2, 0.25) is 0 Å². The van der Waals surface area contributed by atoms with Crippen molar-refractivity contribution in [3.63, 3.8) is 0 Å². The van der Waals surface area contributed by atoms with Crippen molar-refractivity contribution in [2.45, 2.75) is 42.8 Å². The van der Waals surface area contributed by atoms with Crippen LogP contribution in [0.5, 0.6) is 5.75 Å². The minimum Gasteiger partial charge on any atom is -0.497 e. The van der Waals surface area contributed by atoms with Crippen LogP contribution in [-0.4, -0.2) is 32.5 Å². The summed E-state index contributed by atoms with van der Waals surface area (Å²) in [5, 5.41) is 0. The summed E-state index contributed by atoms with van der Waals surface area (Å²) >= 11 is 2.33. The van der Waals surface area contributed by atoms with E-state index < -0.39 is 21.6 Å². The maximum absolute atomic E-state index is 14.6. The van der Waals surface area contributed by atoms with Crippen LogP contribution in [0.1, 0.15) is 35.1 Å². The van der Waals surface area contributed by atoms with E-state index in [1.54, 1.807) is 24.1 Å². The van der Waals surface area contributed by atoms with Gasteiger partial charge in [-0.3, -0.25) is 4.79 Å². The Balaban J connectivity index is 1.58. The molecule has 2 atom stereocenters. The van der Waals surface area contributed by atoms with Gasteiger partial charge in [-0.2, -0.15) is 0 Å². The highest BCUT2D eigenvalue weighted by Crippen LogP contribution is 2.55. The van der Waals surface area contributed by atoms with Crippen molar-refractivity contribution in [3.8, 4) is 5.75 Å². The van der Waals surface area contributed by atoms with Crippen molar-refractivity contribution in [1.29, 1.82) is 0 Å². The molecule has 1 fully saturated rings. The second-order valence-corrected chi connectivity index (χ2v) is 13.8. The lowest BCUT2D eigenvalue weighted by atomic mass is 9.72. The summed E-state index contributed by atoms with van der Waals surface area (Å²) in [5.74, 6) is 0.696. The smallest absolute Gasteiger partial charge is 0.266 e. The monoisotopic (exact) mass is 690 g/mol. The number of ether oxygens (including phenoxy) is 1. The molecule has 0 aliphatic carbocycles. The third-order valence-corrected chi connectivity index (χ3v) is 10.9. The third kappa shape index (κ3) is 4.90. The Morgan fingerprint density at radius 3 is 2.31 bits per heavy atom. The molecule has 8 heteroatoms. The number of methoxy groups -OCH3 is 1. The number of para-hydroxylation sites is 1. The quantitative estimate of drug-likeness (QED) is 0.195. The highest BCUT2D eigenvalue weighted by Gasteiger charge is 2.59. The van der Waals surface area contributed by atoms with E-state index in [1.807, 2.05) is 97.9 Å². The van der Waals surface area contributed by atoms with Crippen LogP contribution in [0.3, 0.4) is 0 Å². The van der Waals surface area contributed by atoms with E-state index in [2.05, 4.69) is 28.7 Å². The number of carbonyl (C=O) groups excluding carboxylic acids is 1. The molecule has 1 saturated heterocycles. The second-order valence-electron chi connectivity index (χ2n) is 10.8. The summed E-state index contributed by atoms with van der Waals surface area (Å²) in [6, 6.07) is 32.2. The molecule has 1 amide bonds. The number of aryl methyl sites for hydroxylation is 1. The van der Waals surface area contributed by atoms with Crippen LogP contribution in [0.25, 0.3) is 3.58 Å². The van der Waals surface area contributed by atoms with Crippen LogP contribution in [0.4, 0.5) is 5.69 Å². The Morgan fingerprint density at radius 2 is 1.62 bits per heavy atom. The lowest BCUT2D eigenvalue weighted by molar-refractivity contribution is -0.138. The zero-order valence-electron chi connectivity index (χ0n) is 23.4. The Hall–Kier alpha value is -3.63. The number of piperidine rings is 1. The molecule has 0 aromatic heterocycles. The number of rotatable bonds is 7. The molecule has 0 bridgehead atoms. The zero-order valence-corrected chi connectivity index (χ0v) is 26.4.